The Bertz CT molecular complexity index is 650. The first-order valence-corrected chi connectivity index (χ1v) is 6.37. The van der Waals surface area contributed by atoms with Crippen LogP contribution in [0.2, 0.25) is 0 Å². The molecular weight excluding hydrogens is 270 g/mol. The number of aryl methyl sites for hydroxylation is 1. The molecule has 0 aromatic heterocycles. The van der Waals surface area contributed by atoms with Crippen LogP contribution in [0, 0.1) is 6.92 Å². The number of hydrogen-bond acceptors (Lipinski definition) is 3. The van der Waals surface area contributed by atoms with E-state index in [1.54, 1.807) is 36.4 Å². The molecule has 0 aliphatic rings. The van der Waals surface area contributed by atoms with Crippen molar-refractivity contribution >= 4 is 17.6 Å². The minimum absolute atomic E-state index is 0.196. The molecule has 0 radical (unpaired) electrons. The first-order valence-electron chi connectivity index (χ1n) is 6.37. The van der Waals surface area contributed by atoms with E-state index in [1.165, 1.54) is 0 Å². The zero-order valence-corrected chi connectivity index (χ0v) is 11.5. The Morgan fingerprint density at radius 3 is 2.48 bits per heavy atom. The average Bonchev–Trinajstić information content (AvgIpc) is 2.46. The lowest BCUT2D eigenvalue weighted by atomic mass is 10.1. The van der Waals surface area contributed by atoms with Crippen molar-refractivity contribution in [3.8, 4) is 5.75 Å². The van der Waals surface area contributed by atoms with Crippen LogP contribution in [0.5, 0.6) is 5.75 Å². The average molecular weight is 285 g/mol. The number of hydrogen-bond donors (Lipinski definition) is 2. The van der Waals surface area contributed by atoms with Crippen molar-refractivity contribution in [3.05, 3.63) is 59.7 Å². The molecule has 0 heterocycles. The normalized spacial score (nSPS) is 9.95. The highest BCUT2D eigenvalue weighted by atomic mass is 16.5. The maximum Gasteiger partial charge on any atom is 0.341 e. The fourth-order valence-corrected chi connectivity index (χ4v) is 1.77. The Balaban J connectivity index is 2.00. The fraction of sp³-hybridized carbons (Fsp3) is 0.125. The Labute approximate surface area is 122 Å². The molecule has 2 N–H and O–H groups in total. The molecule has 21 heavy (non-hydrogen) atoms. The van der Waals surface area contributed by atoms with E-state index in [2.05, 4.69) is 5.32 Å². The molecule has 5 heteroatoms. The predicted molar refractivity (Wildman–Crippen MR) is 78.7 cm³/mol. The van der Waals surface area contributed by atoms with Crippen molar-refractivity contribution in [2.45, 2.75) is 6.92 Å². The minimum Gasteiger partial charge on any atom is -0.482 e. The van der Waals surface area contributed by atoms with E-state index < -0.39 is 12.6 Å². The van der Waals surface area contributed by atoms with Crippen LogP contribution in [0.3, 0.4) is 0 Å². The van der Waals surface area contributed by atoms with E-state index in [0.717, 1.165) is 5.56 Å². The zero-order valence-electron chi connectivity index (χ0n) is 11.5. The molecule has 1 amide bonds. The molecule has 5 nitrogen and oxygen atoms in total. The standard InChI is InChI=1S/C16H15NO4/c1-11-3-2-4-12(9-11)16(20)17-13-5-7-14(8-6-13)21-10-15(18)19/h2-9H,10H2,1H3,(H,17,20)(H,18,19). The number of nitrogens with one attached hydrogen (secondary N) is 1. The number of anilines is 1. The second-order valence-electron chi connectivity index (χ2n) is 4.53. The Hall–Kier alpha value is -2.82. The molecule has 0 saturated heterocycles. The summed E-state index contributed by atoms with van der Waals surface area (Å²) in [5.74, 6) is -0.796. The highest BCUT2D eigenvalue weighted by Crippen LogP contribution is 2.16. The second-order valence-corrected chi connectivity index (χ2v) is 4.53. The highest BCUT2D eigenvalue weighted by molar-refractivity contribution is 6.04. The van der Waals surface area contributed by atoms with Gasteiger partial charge in [0.15, 0.2) is 6.61 Å². The summed E-state index contributed by atoms with van der Waals surface area (Å²) >= 11 is 0. The van der Waals surface area contributed by atoms with Gasteiger partial charge in [-0.05, 0) is 43.3 Å². The topological polar surface area (TPSA) is 75.6 Å². The molecule has 108 valence electrons. The number of ether oxygens (including phenoxy) is 1. The van der Waals surface area contributed by atoms with Gasteiger partial charge in [-0.15, -0.1) is 0 Å². The van der Waals surface area contributed by atoms with Crippen LogP contribution in [0.1, 0.15) is 15.9 Å². The smallest absolute Gasteiger partial charge is 0.341 e. The molecule has 0 aliphatic carbocycles. The van der Waals surface area contributed by atoms with Crippen molar-refractivity contribution in [1.29, 1.82) is 0 Å². The molecule has 2 rings (SSSR count). The maximum absolute atomic E-state index is 12.0. The monoisotopic (exact) mass is 285 g/mol. The van der Waals surface area contributed by atoms with Crippen LogP contribution in [0.4, 0.5) is 5.69 Å². The van der Waals surface area contributed by atoms with Crippen LogP contribution in [-0.2, 0) is 4.79 Å². The van der Waals surface area contributed by atoms with E-state index in [1.807, 2.05) is 19.1 Å². The lowest BCUT2D eigenvalue weighted by Crippen LogP contribution is -2.12. The third-order valence-corrected chi connectivity index (χ3v) is 2.75. The summed E-state index contributed by atoms with van der Waals surface area (Å²) in [6.45, 7) is 1.53. The largest absolute Gasteiger partial charge is 0.482 e. The third kappa shape index (κ3) is 4.35. The quantitative estimate of drug-likeness (QED) is 0.885. The lowest BCUT2D eigenvalue weighted by Gasteiger charge is -2.07. The lowest BCUT2D eigenvalue weighted by molar-refractivity contribution is -0.139. The molecule has 0 bridgehead atoms. The van der Waals surface area contributed by atoms with E-state index in [4.69, 9.17) is 9.84 Å². The third-order valence-electron chi connectivity index (χ3n) is 2.75. The van der Waals surface area contributed by atoms with E-state index in [0.29, 0.717) is 17.0 Å². The number of benzene rings is 2. The number of carbonyl (C=O) groups excluding carboxylic acids is 1. The summed E-state index contributed by atoms with van der Waals surface area (Å²) in [4.78, 5) is 22.4. The van der Waals surface area contributed by atoms with E-state index >= 15 is 0 Å². The van der Waals surface area contributed by atoms with Crippen molar-refractivity contribution < 1.29 is 19.4 Å². The van der Waals surface area contributed by atoms with Crippen LogP contribution in [0.15, 0.2) is 48.5 Å². The highest BCUT2D eigenvalue weighted by Gasteiger charge is 2.06. The zero-order chi connectivity index (χ0) is 15.2. The summed E-state index contributed by atoms with van der Waals surface area (Å²) in [5, 5.41) is 11.3. The molecular formula is C16H15NO4. The molecule has 0 fully saturated rings. The van der Waals surface area contributed by atoms with Gasteiger partial charge in [-0.3, -0.25) is 4.79 Å². The van der Waals surface area contributed by atoms with E-state index in [-0.39, 0.29) is 5.91 Å². The Morgan fingerprint density at radius 1 is 1.14 bits per heavy atom. The molecule has 2 aromatic carbocycles. The summed E-state index contributed by atoms with van der Waals surface area (Å²) < 4.78 is 5.02. The predicted octanol–water partition coefficient (Wildman–Crippen LogP) is 2.71. The van der Waals surface area contributed by atoms with Gasteiger partial charge in [0.1, 0.15) is 5.75 Å². The van der Waals surface area contributed by atoms with Crippen molar-refractivity contribution in [3.63, 3.8) is 0 Å². The van der Waals surface area contributed by atoms with Crippen LogP contribution >= 0.6 is 0 Å². The van der Waals surface area contributed by atoms with Crippen LogP contribution < -0.4 is 10.1 Å². The van der Waals surface area contributed by atoms with Gasteiger partial charge in [-0.1, -0.05) is 17.7 Å². The van der Waals surface area contributed by atoms with Gasteiger partial charge in [0.2, 0.25) is 0 Å². The van der Waals surface area contributed by atoms with Gasteiger partial charge in [0.05, 0.1) is 0 Å². The van der Waals surface area contributed by atoms with Crippen LogP contribution in [0.25, 0.3) is 0 Å². The fourth-order valence-electron chi connectivity index (χ4n) is 1.77. The number of amides is 1. The first kappa shape index (κ1) is 14.6. The number of aliphatic carboxylic acids is 1. The van der Waals surface area contributed by atoms with Gasteiger partial charge >= 0.3 is 5.97 Å². The molecule has 0 spiro atoms. The van der Waals surface area contributed by atoms with E-state index in [9.17, 15) is 9.59 Å². The number of carboxylic acid groups (broad SMARTS) is 1. The van der Waals surface area contributed by atoms with Gasteiger partial charge in [0.25, 0.3) is 5.91 Å². The molecule has 0 unspecified atom stereocenters. The molecule has 2 aromatic rings. The second kappa shape index (κ2) is 6.56. The Kier molecular flexibility index (Phi) is 4.56. The molecule has 0 atom stereocenters. The van der Waals surface area contributed by atoms with Gasteiger partial charge < -0.3 is 15.2 Å². The SMILES string of the molecule is Cc1cccc(C(=O)Nc2ccc(OCC(=O)O)cc2)c1. The van der Waals surface area contributed by atoms with Gasteiger partial charge in [0, 0.05) is 11.3 Å². The van der Waals surface area contributed by atoms with Crippen LogP contribution in [-0.4, -0.2) is 23.6 Å². The summed E-state index contributed by atoms with van der Waals surface area (Å²) in [7, 11) is 0. The van der Waals surface area contributed by atoms with Crippen molar-refractivity contribution in [2.24, 2.45) is 0 Å². The number of carbonyl (C=O) groups is 2. The number of rotatable bonds is 5. The Morgan fingerprint density at radius 2 is 1.86 bits per heavy atom. The van der Waals surface area contributed by atoms with Crippen molar-refractivity contribution in [1.82, 2.24) is 0 Å². The van der Waals surface area contributed by atoms with Crippen molar-refractivity contribution in [2.75, 3.05) is 11.9 Å². The van der Waals surface area contributed by atoms with Gasteiger partial charge in [-0.2, -0.15) is 0 Å². The summed E-state index contributed by atoms with van der Waals surface area (Å²) in [5.41, 5.74) is 2.21. The molecule has 0 aliphatic heterocycles. The number of carboxylic acids is 1. The minimum atomic E-state index is -1.04. The van der Waals surface area contributed by atoms with Gasteiger partial charge in [-0.25, -0.2) is 4.79 Å². The maximum atomic E-state index is 12.0. The summed E-state index contributed by atoms with van der Waals surface area (Å²) in [6, 6.07) is 13.8. The first-order chi connectivity index (χ1) is 10.0. The summed E-state index contributed by atoms with van der Waals surface area (Å²) in [6.07, 6.45) is 0. The molecule has 0 saturated carbocycles.